The van der Waals surface area contributed by atoms with Crippen molar-refractivity contribution in [3.05, 3.63) is 0 Å². The summed E-state index contributed by atoms with van der Waals surface area (Å²) in [6.07, 6.45) is -17.7. The van der Waals surface area contributed by atoms with E-state index in [1.165, 1.54) is 0 Å². The lowest BCUT2D eigenvalue weighted by Gasteiger charge is -2.41. The van der Waals surface area contributed by atoms with E-state index in [-0.39, 0.29) is 0 Å². The summed E-state index contributed by atoms with van der Waals surface area (Å²) in [4.78, 5) is 0. The zero-order valence-corrected chi connectivity index (χ0v) is 7.74. The quantitative estimate of drug-likeness (QED) is 0.357. The van der Waals surface area contributed by atoms with Crippen LogP contribution >= 0.6 is 0 Å². The maximum absolute atomic E-state index is 11.9. The molecule has 1 fully saturated rings. The minimum absolute atomic E-state index is 1.95. The standard InChI is InChI=1S/C7H11F3O6/c8-7(9,10)16-6-4(14)2(12)1(11)3(13)5(6)15/h1-6,11-15H/t1-,2-,3+,4+,5-,6-. The van der Waals surface area contributed by atoms with Gasteiger partial charge < -0.3 is 25.5 Å². The van der Waals surface area contributed by atoms with E-state index in [0.29, 0.717) is 0 Å². The highest BCUT2D eigenvalue weighted by Crippen LogP contribution is 2.29. The summed E-state index contributed by atoms with van der Waals surface area (Å²) in [6.45, 7) is 0. The van der Waals surface area contributed by atoms with Crippen molar-refractivity contribution in [2.75, 3.05) is 0 Å². The monoisotopic (exact) mass is 248 g/mol. The summed E-state index contributed by atoms with van der Waals surface area (Å²) < 4.78 is 39.0. The molecule has 0 aromatic carbocycles. The number of alkyl halides is 3. The molecule has 6 atom stereocenters. The van der Waals surface area contributed by atoms with Gasteiger partial charge in [-0.2, -0.15) is 0 Å². The lowest BCUT2D eigenvalue weighted by Crippen LogP contribution is -2.65. The average molecular weight is 248 g/mol. The Morgan fingerprint density at radius 3 is 1.31 bits per heavy atom. The molecule has 1 aliphatic rings. The van der Waals surface area contributed by atoms with Gasteiger partial charge in [0, 0.05) is 0 Å². The molecule has 0 radical (unpaired) electrons. The summed E-state index contributed by atoms with van der Waals surface area (Å²) in [5.41, 5.74) is 0. The second-order valence-corrected chi connectivity index (χ2v) is 3.48. The minimum Gasteiger partial charge on any atom is -0.387 e. The predicted octanol–water partition coefficient (Wildman–Crippen LogP) is -2.29. The second kappa shape index (κ2) is 4.43. The average Bonchev–Trinajstić information content (AvgIpc) is 2.17. The number of aliphatic hydroxyl groups is 5. The van der Waals surface area contributed by atoms with Gasteiger partial charge in [0.1, 0.15) is 36.6 Å². The molecule has 9 heteroatoms. The van der Waals surface area contributed by atoms with Gasteiger partial charge in [0.2, 0.25) is 0 Å². The first-order chi connectivity index (χ1) is 7.15. The van der Waals surface area contributed by atoms with Crippen LogP contribution in [-0.2, 0) is 4.74 Å². The highest BCUT2D eigenvalue weighted by atomic mass is 19.4. The third kappa shape index (κ3) is 2.62. The number of rotatable bonds is 1. The number of hydrogen-bond donors (Lipinski definition) is 5. The van der Waals surface area contributed by atoms with Gasteiger partial charge in [-0.1, -0.05) is 0 Å². The van der Waals surface area contributed by atoms with Crippen LogP contribution in [0, 0.1) is 0 Å². The molecule has 6 nitrogen and oxygen atoms in total. The van der Waals surface area contributed by atoms with Crippen molar-refractivity contribution in [2.45, 2.75) is 43.0 Å². The summed E-state index contributed by atoms with van der Waals surface area (Å²) in [6, 6.07) is 0. The van der Waals surface area contributed by atoms with E-state index in [9.17, 15) is 13.2 Å². The minimum atomic E-state index is -5.14. The van der Waals surface area contributed by atoms with Crippen LogP contribution in [0.4, 0.5) is 13.2 Å². The SMILES string of the molecule is O[C@@H]1[C@@H](O)[C@H](O)[C@@H](OC(F)(F)F)[C@H](O)[C@H]1O. The maximum Gasteiger partial charge on any atom is 0.522 e. The van der Waals surface area contributed by atoms with Gasteiger partial charge in [0.25, 0.3) is 0 Å². The molecular weight excluding hydrogens is 237 g/mol. The molecule has 0 aliphatic heterocycles. The van der Waals surface area contributed by atoms with Crippen molar-refractivity contribution >= 4 is 0 Å². The van der Waals surface area contributed by atoms with Crippen LogP contribution in [0.15, 0.2) is 0 Å². The third-order valence-corrected chi connectivity index (χ3v) is 2.34. The van der Waals surface area contributed by atoms with Crippen molar-refractivity contribution in [2.24, 2.45) is 0 Å². The molecular formula is C7H11F3O6. The normalized spacial score (nSPS) is 45.8. The summed E-state index contributed by atoms with van der Waals surface area (Å²) >= 11 is 0. The summed E-state index contributed by atoms with van der Waals surface area (Å²) in [5, 5.41) is 45.5. The van der Waals surface area contributed by atoms with Crippen LogP contribution in [0.1, 0.15) is 0 Å². The molecule has 0 unspecified atom stereocenters. The van der Waals surface area contributed by atoms with Crippen LogP contribution in [0.5, 0.6) is 0 Å². The molecule has 0 aromatic rings. The molecule has 1 saturated carbocycles. The van der Waals surface area contributed by atoms with Crippen LogP contribution < -0.4 is 0 Å². The Balaban J connectivity index is 2.83. The van der Waals surface area contributed by atoms with E-state index < -0.39 is 43.0 Å². The van der Waals surface area contributed by atoms with E-state index in [4.69, 9.17) is 25.5 Å². The van der Waals surface area contributed by atoms with E-state index in [1.807, 2.05) is 0 Å². The van der Waals surface area contributed by atoms with Gasteiger partial charge in [-0.15, -0.1) is 13.2 Å². The molecule has 5 N–H and O–H groups in total. The zero-order chi connectivity index (χ0) is 12.7. The van der Waals surface area contributed by atoms with Crippen molar-refractivity contribution < 1.29 is 43.4 Å². The summed E-state index contributed by atoms with van der Waals surface area (Å²) in [7, 11) is 0. The fourth-order valence-corrected chi connectivity index (χ4v) is 1.49. The molecule has 96 valence electrons. The highest BCUT2D eigenvalue weighted by Gasteiger charge is 2.52. The molecule has 16 heavy (non-hydrogen) atoms. The first-order valence-electron chi connectivity index (χ1n) is 4.30. The summed E-state index contributed by atoms with van der Waals surface area (Å²) in [5.74, 6) is 0. The molecule has 0 spiro atoms. The van der Waals surface area contributed by atoms with Crippen LogP contribution in [-0.4, -0.2) is 68.5 Å². The molecule has 1 rings (SSSR count). The molecule has 0 heterocycles. The van der Waals surface area contributed by atoms with Crippen molar-refractivity contribution in [3.8, 4) is 0 Å². The second-order valence-electron chi connectivity index (χ2n) is 3.48. The fraction of sp³-hybridized carbons (Fsp3) is 1.00. The lowest BCUT2D eigenvalue weighted by molar-refractivity contribution is -0.377. The molecule has 1 aliphatic carbocycles. The molecule has 0 bridgehead atoms. The first kappa shape index (κ1) is 13.6. The van der Waals surface area contributed by atoms with Gasteiger partial charge in [0.15, 0.2) is 0 Å². The molecule has 0 aromatic heterocycles. The molecule has 0 saturated heterocycles. The Bertz CT molecular complexity index is 231. The third-order valence-electron chi connectivity index (χ3n) is 2.34. The first-order valence-corrected chi connectivity index (χ1v) is 4.30. The van der Waals surface area contributed by atoms with Crippen molar-refractivity contribution in [3.63, 3.8) is 0 Å². The lowest BCUT2D eigenvalue weighted by atomic mass is 9.85. The maximum atomic E-state index is 11.9. The van der Waals surface area contributed by atoms with E-state index in [1.54, 1.807) is 0 Å². The topological polar surface area (TPSA) is 110 Å². The van der Waals surface area contributed by atoms with Gasteiger partial charge in [-0.25, -0.2) is 0 Å². The fourth-order valence-electron chi connectivity index (χ4n) is 1.49. The van der Waals surface area contributed by atoms with E-state index >= 15 is 0 Å². The van der Waals surface area contributed by atoms with E-state index in [0.717, 1.165) is 0 Å². The Kier molecular flexibility index (Phi) is 3.77. The van der Waals surface area contributed by atoms with Crippen molar-refractivity contribution in [1.82, 2.24) is 0 Å². The van der Waals surface area contributed by atoms with Crippen LogP contribution in [0.3, 0.4) is 0 Å². The Morgan fingerprint density at radius 2 is 1.00 bits per heavy atom. The van der Waals surface area contributed by atoms with Gasteiger partial charge in [0.05, 0.1) is 0 Å². The van der Waals surface area contributed by atoms with Crippen LogP contribution in [0.2, 0.25) is 0 Å². The highest BCUT2D eigenvalue weighted by molar-refractivity contribution is 4.99. The number of aliphatic hydroxyl groups excluding tert-OH is 5. The van der Waals surface area contributed by atoms with Crippen LogP contribution in [0.25, 0.3) is 0 Å². The molecule has 0 amide bonds. The van der Waals surface area contributed by atoms with Crippen molar-refractivity contribution in [1.29, 1.82) is 0 Å². The van der Waals surface area contributed by atoms with Gasteiger partial charge >= 0.3 is 6.36 Å². The zero-order valence-electron chi connectivity index (χ0n) is 7.74. The van der Waals surface area contributed by atoms with Gasteiger partial charge in [-0.05, 0) is 0 Å². The number of halogens is 3. The Morgan fingerprint density at radius 1 is 0.688 bits per heavy atom. The Labute approximate surface area is 87.5 Å². The predicted molar refractivity (Wildman–Crippen MR) is 41.0 cm³/mol. The Hall–Kier alpha value is -0.450. The largest absolute Gasteiger partial charge is 0.522 e. The smallest absolute Gasteiger partial charge is 0.387 e. The van der Waals surface area contributed by atoms with Gasteiger partial charge in [-0.3, -0.25) is 4.74 Å². The van der Waals surface area contributed by atoms with E-state index in [2.05, 4.69) is 4.74 Å². The number of hydrogen-bond acceptors (Lipinski definition) is 6. The number of ether oxygens (including phenoxy) is 1.